The van der Waals surface area contributed by atoms with E-state index in [1.807, 2.05) is 24.3 Å². The van der Waals surface area contributed by atoms with Gasteiger partial charge in [0.15, 0.2) is 0 Å². The number of hydrogen-bond acceptors (Lipinski definition) is 3. The van der Waals surface area contributed by atoms with E-state index in [0.717, 1.165) is 23.7 Å². The van der Waals surface area contributed by atoms with Gasteiger partial charge in [0.05, 0.1) is 17.5 Å². The zero-order chi connectivity index (χ0) is 13.0. The van der Waals surface area contributed by atoms with Crippen molar-refractivity contribution in [2.75, 3.05) is 0 Å². The number of benzene rings is 1. The smallest absolute Gasteiger partial charge is 0.311 e. The molecule has 96 valence electrons. The molecule has 1 fully saturated rings. The van der Waals surface area contributed by atoms with E-state index >= 15 is 0 Å². The summed E-state index contributed by atoms with van der Waals surface area (Å²) < 4.78 is 5.38. The quantitative estimate of drug-likeness (QED) is 0.795. The molecule has 1 N–H and O–H groups in total. The molecule has 0 spiro atoms. The second kappa shape index (κ2) is 3.70. The van der Waals surface area contributed by atoms with Gasteiger partial charge in [-0.05, 0) is 30.9 Å². The largest absolute Gasteiger partial charge is 0.425 e. The minimum atomic E-state index is -0.222. The van der Waals surface area contributed by atoms with Crippen LogP contribution in [0.4, 0.5) is 0 Å². The normalized spacial score (nSPS) is 22.1. The highest BCUT2D eigenvalue weighted by Crippen LogP contribution is 2.49. The Hall–Kier alpha value is -2.10. The molecule has 2 aromatic rings. The van der Waals surface area contributed by atoms with Crippen LogP contribution in [-0.4, -0.2) is 11.0 Å². The number of ether oxygens (including phenoxy) is 1. The van der Waals surface area contributed by atoms with E-state index in [4.69, 9.17) is 4.74 Å². The first-order valence-corrected chi connectivity index (χ1v) is 6.59. The van der Waals surface area contributed by atoms with Crippen LogP contribution in [-0.2, 0) is 4.79 Å². The number of fused-ring (bicyclic) bond motifs is 3. The lowest BCUT2D eigenvalue weighted by Crippen LogP contribution is -2.28. The highest BCUT2D eigenvalue weighted by atomic mass is 16.5. The molecular formula is C15H13NO3. The lowest BCUT2D eigenvalue weighted by Gasteiger charge is -2.24. The second-order valence-electron chi connectivity index (χ2n) is 5.36. The summed E-state index contributed by atoms with van der Waals surface area (Å²) in [7, 11) is 0. The number of esters is 1. The predicted molar refractivity (Wildman–Crippen MR) is 70.3 cm³/mol. The fourth-order valence-corrected chi connectivity index (χ4v) is 3.01. The van der Waals surface area contributed by atoms with E-state index in [2.05, 4.69) is 4.98 Å². The predicted octanol–water partition coefficient (Wildman–Crippen LogP) is 2.33. The maximum absolute atomic E-state index is 12.3. The Morgan fingerprint density at radius 2 is 1.95 bits per heavy atom. The number of hydrogen-bond donors (Lipinski definition) is 1. The van der Waals surface area contributed by atoms with Crippen molar-refractivity contribution in [1.82, 2.24) is 4.98 Å². The second-order valence-corrected chi connectivity index (χ2v) is 5.36. The molecule has 1 atom stereocenters. The molecule has 2 aliphatic rings. The molecule has 0 bridgehead atoms. The fraction of sp³-hybridized carbons (Fsp3) is 0.333. The lowest BCUT2D eigenvalue weighted by atomic mass is 9.88. The first kappa shape index (κ1) is 10.8. The van der Waals surface area contributed by atoms with Gasteiger partial charge in [-0.3, -0.25) is 9.59 Å². The summed E-state index contributed by atoms with van der Waals surface area (Å²) in [6.45, 7) is 0. The highest BCUT2D eigenvalue weighted by molar-refractivity contribution is 5.90. The van der Waals surface area contributed by atoms with E-state index in [0.29, 0.717) is 23.7 Å². The summed E-state index contributed by atoms with van der Waals surface area (Å²) in [5.41, 5.74) is 1.27. The summed E-state index contributed by atoms with van der Waals surface area (Å²) in [5, 5.41) is 0.816. The Labute approximate surface area is 109 Å². The Kier molecular flexibility index (Phi) is 2.10. The molecule has 1 aromatic heterocycles. The number of H-pyrrole nitrogens is 1. The number of aromatic amines is 1. The van der Waals surface area contributed by atoms with Gasteiger partial charge < -0.3 is 9.72 Å². The van der Waals surface area contributed by atoms with Gasteiger partial charge in [-0.15, -0.1) is 0 Å². The molecule has 2 heterocycles. The Morgan fingerprint density at radius 3 is 2.74 bits per heavy atom. The van der Waals surface area contributed by atoms with E-state index in [9.17, 15) is 9.59 Å². The monoisotopic (exact) mass is 255 g/mol. The van der Waals surface area contributed by atoms with Gasteiger partial charge in [0, 0.05) is 11.3 Å². The number of para-hydroxylation sites is 1. The van der Waals surface area contributed by atoms with Crippen molar-refractivity contribution in [2.45, 2.75) is 25.2 Å². The van der Waals surface area contributed by atoms with Crippen LogP contribution in [0.15, 0.2) is 29.1 Å². The Morgan fingerprint density at radius 1 is 1.16 bits per heavy atom. The molecule has 0 radical (unpaired) electrons. The van der Waals surface area contributed by atoms with Crippen LogP contribution in [0.1, 0.15) is 30.7 Å². The molecule has 19 heavy (non-hydrogen) atoms. The van der Waals surface area contributed by atoms with Gasteiger partial charge >= 0.3 is 5.97 Å². The minimum absolute atomic E-state index is 0.0320. The molecule has 0 amide bonds. The number of carbonyl (C=O) groups excluding carboxylic acids is 1. The zero-order valence-corrected chi connectivity index (χ0v) is 10.3. The molecule has 1 saturated carbocycles. The Balaban J connectivity index is 2.05. The first-order valence-electron chi connectivity index (χ1n) is 6.59. The van der Waals surface area contributed by atoms with Crippen LogP contribution >= 0.6 is 0 Å². The van der Waals surface area contributed by atoms with Gasteiger partial charge in [-0.1, -0.05) is 12.1 Å². The van der Waals surface area contributed by atoms with Crippen molar-refractivity contribution in [3.05, 3.63) is 40.2 Å². The molecule has 4 heteroatoms. The van der Waals surface area contributed by atoms with Crippen LogP contribution in [0.3, 0.4) is 0 Å². The fourth-order valence-electron chi connectivity index (χ4n) is 3.01. The van der Waals surface area contributed by atoms with Crippen LogP contribution in [0.2, 0.25) is 0 Å². The zero-order valence-electron chi connectivity index (χ0n) is 10.3. The molecule has 1 aliphatic heterocycles. The number of pyridine rings is 1. The van der Waals surface area contributed by atoms with Crippen molar-refractivity contribution < 1.29 is 9.53 Å². The van der Waals surface area contributed by atoms with Crippen molar-refractivity contribution in [3.8, 4) is 5.75 Å². The van der Waals surface area contributed by atoms with E-state index in [1.165, 1.54) is 0 Å². The average Bonchev–Trinajstić information content (AvgIpc) is 3.22. The molecule has 1 aliphatic carbocycles. The van der Waals surface area contributed by atoms with E-state index in [1.54, 1.807) is 0 Å². The number of nitrogens with one attached hydrogen (secondary N) is 1. The number of aromatic nitrogens is 1. The third-order valence-electron chi connectivity index (χ3n) is 4.07. The molecular weight excluding hydrogens is 242 g/mol. The molecule has 0 saturated heterocycles. The van der Waals surface area contributed by atoms with Crippen molar-refractivity contribution >= 4 is 16.9 Å². The number of rotatable bonds is 1. The van der Waals surface area contributed by atoms with Gasteiger partial charge in [-0.2, -0.15) is 0 Å². The average molecular weight is 255 g/mol. The van der Waals surface area contributed by atoms with Crippen molar-refractivity contribution in [2.24, 2.45) is 5.92 Å². The molecule has 4 rings (SSSR count). The minimum Gasteiger partial charge on any atom is -0.425 e. The highest BCUT2D eigenvalue weighted by Gasteiger charge is 2.41. The summed E-state index contributed by atoms with van der Waals surface area (Å²) in [5.74, 6) is 0.756. The van der Waals surface area contributed by atoms with Crippen LogP contribution in [0, 0.1) is 5.92 Å². The third-order valence-corrected chi connectivity index (χ3v) is 4.07. The van der Waals surface area contributed by atoms with Crippen molar-refractivity contribution in [3.63, 3.8) is 0 Å². The van der Waals surface area contributed by atoms with Gasteiger partial charge in [-0.25, -0.2) is 0 Å². The summed E-state index contributed by atoms with van der Waals surface area (Å²) in [6.07, 6.45) is 2.53. The summed E-state index contributed by atoms with van der Waals surface area (Å²) >= 11 is 0. The molecule has 4 nitrogen and oxygen atoms in total. The van der Waals surface area contributed by atoms with E-state index in [-0.39, 0.29) is 17.4 Å². The van der Waals surface area contributed by atoms with Crippen molar-refractivity contribution in [1.29, 1.82) is 0 Å². The van der Waals surface area contributed by atoms with E-state index < -0.39 is 0 Å². The van der Waals surface area contributed by atoms with Crippen LogP contribution in [0.5, 0.6) is 5.75 Å². The SMILES string of the molecule is O=C1C[C@@H](C2CC2)c2c(c3ccccc3[nH]c2=O)O1. The van der Waals surface area contributed by atoms with Crippen LogP contribution in [0.25, 0.3) is 10.9 Å². The maximum Gasteiger partial charge on any atom is 0.311 e. The molecule has 0 unspecified atom stereocenters. The van der Waals surface area contributed by atoms with Gasteiger partial charge in [0.2, 0.25) is 0 Å². The van der Waals surface area contributed by atoms with Gasteiger partial charge in [0.1, 0.15) is 5.75 Å². The summed E-state index contributed by atoms with van der Waals surface area (Å²) in [6, 6.07) is 7.45. The lowest BCUT2D eigenvalue weighted by molar-refractivity contribution is -0.136. The van der Waals surface area contributed by atoms with Gasteiger partial charge in [0.25, 0.3) is 5.56 Å². The number of carbonyl (C=O) groups is 1. The maximum atomic E-state index is 12.3. The topological polar surface area (TPSA) is 59.2 Å². The third kappa shape index (κ3) is 1.59. The standard InChI is InChI=1S/C15H13NO3/c17-12-7-10(8-5-6-8)13-14(19-12)9-3-1-2-4-11(9)16-15(13)18/h1-4,8,10H,5-7H2,(H,16,18)/t10-/m0/s1. The first-order chi connectivity index (χ1) is 9.24. The molecule has 1 aromatic carbocycles. The summed E-state index contributed by atoms with van der Waals surface area (Å²) in [4.78, 5) is 27.0. The van der Waals surface area contributed by atoms with Crippen LogP contribution < -0.4 is 10.3 Å². The Bertz CT molecular complexity index is 743.